The number of carbonyl (C=O) groups is 4. The Morgan fingerprint density at radius 2 is 1.41 bits per heavy atom. The predicted molar refractivity (Wildman–Crippen MR) is 152 cm³/mol. The van der Waals surface area contributed by atoms with Gasteiger partial charge in [0.05, 0.1) is 0 Å². The minimum absolute atomic E-state index is 0.126. The number of benzene rings is 2. The lowest BCUT2D eigenvalue weighted by atomic mass is 10.0. The van der Waals surface area contributed by atoms with E-state index in [0.29, 0.717) is 29.0 Å². The third-order valence-corrected chi connectivity index (χ3v) is 4.99. The van der Waals surface area contributed by atoms with Gasteiger partial charge in [-0.2, -0.15) is 0 Å². The Hall–Kier alpha value is -3.94. The summed E-state index contributed by atoms with van der Waals surface area (Å²) in [5.41, 5.74) is 8.98. The number of rotatable bonds is 6. The van der Waals surface area contributed by atoms with E-state index in [1.807, 2.05) is 58.9 Å². The Kier molecular flexibility index (Phi) is 15.1. The van der Waals surface area contributed by atoms with Crippen molar-refractivity contribution in [2.75, 3.05) is 0 Å². The lowest BCUT2D eigenvalue weighted by molar-refractivity contribution is -0.154. The quantitative estimate of drug-likeness (QED) is 0.193. The number of aryl methyl sites for hydroxylation is 1. The second-order valence-corrected chi connectivity index (χ2v) is 9.80. The monoisotopic (exact) mass is 541 g/mol. The maximum Gasteiger partial charge on any atom is 0.308 e. The predicted octanol–water partition coefficient (Wildman–Crippen LogP) is 6.40. The topological polar surface area (TPSA) is 122 Å². The highest BCUT2D eigenvalue weighted by atomic mass is 16.6. The molecule has 8 nitrogen and oxygen atoms in total. The van der Waals surface area contributed by atoms with Crippen LogP contribution in [0.4, 0.5) is 0 Å². The number of ketones is 1. The van der Waals surface area contributed by atoms with Gasteiger partial charge < -0.3 is 19.9 Å². The van der Waals surface area contributed by atoms with Gasteiger partial charge in [0.1, 0.15) is 17.5 Å². The van der Waals surface area contributed by atoms with Crippen LogP contribution >= 0.6 is 0 Å². The van der Waals surface area contributed by atoms with Crippen LogP contribution in [0.15, 0.2) is 59.8 Å². The molecule has 39 heavy (non-hydrogen) atoms. The van der Waals surface area contributed by atoms with Crippen molar-refractivity contribution >= 4 is 23.7 Å². The van der Waals surface area contributed by atoms with Gasteiger partial charge in [-0.1, -0.05) is 31.2 Å². The highest BCUT2D eigenvalue weighted by molar-refractivity contribution is 6.08. The van der Waals surface area contributed by atoms with Gasteiger partial charge in [-0.15, -0.1) is 0 Å². The van der Waals surface area contributed by atoms with Crippen LogP contribution in [0.2, 0.25) is 0 Å². The maximum atomic E-state index is 11.9. The average Bonchev–Trinajstić information content (AvgIpc) is 2.82. The largest absolute Gasteiger partial charge is 0.460 e. The highest BCUT2D eigenvalue weighted by Gasteiger charge is 2.14. The van der Waals surface area contributed by atoms with Gasteiger partial charge in [0.2, 0.25) is 0 Å². The van der Waals surface area contributed by atoms with Gasteiger partial charge in [0.25, 0.3) is 0 Å². The van der Waals surface area contributed by atoms with Crippen LogP contribution in [-0.2, 0) is 23.9 Å². The number of carbonyl (C=O) groups excluding carboxylic acids is 4. The van der Waals surface area contributed by atoms with Crippen LogP contribution in [0.1, 0.15) is 96.3 Å². The highest BCUT2D eigenvalue weighted by Crippen LogP contribution is 2.20. The van der Waals surface area contributed by atoms with Gasteiger partial charge in [0.15, 0.2) is 5.78 Å². The molecular formula is C31H43NO7. The molecule has 1 atom stereocenters. The molecule has 0 aromatic heterocycles. The molecule has 0 spiro atoms. The molecule has 0 aliphatic heterocycles. The molecule has 214 valence electrons. The molecule has 2 N–H and O–H groups in total. The van der Waals surface area contributed by atoms with E-state index in [0.717, 1.165) is 11.1 Å². The van der Waals surface area contributed by atoms with Crippen LogP contribution < -0.4 is 10.5 Å². The zero-order chi connectivity index (χ0) is 30.3. The lowest BCUT2D eigenvalue weighted by Crippen LogP contribution is -2.23. The van der Waals surface area contributed by atoms with Crippen molar-refractivity contribution in [3.8, 4) is 5.75 Å². The summed E-state index contributed by atoms with van der Waals surface area (Å²) in [6, 6.07) is 14.3. The van der Waals surface area contributed by atoms with E-state index >= 15 is 0 Å². The van der Waals surface area contributed by atoms with Crippen molar-refractivity contribution in [2.45, 2.75) is 87.4 Å². The molecule has 2 aromatic rings. The molecule has 0 saturated carbocycles. The average molecular weight is 542 g/mol. The number of allylic oxidation sites excluding steroid dienone is 2. The summed E-state index contributed by atoms with van der Waals surface area (Å²) < 4.78 is 14.9. The van der Waals surface area contributed by atoms with Crippen LogP contribution in [0, 0.1) is 6.92 Å². The molecule has 0 heterocycles. The molecule has 0 radical (unpaired) electrons. The number of hydrogen-bond acceptors (Lipinski definition) is 8. The van der Waals surface area contributed by atoms with Gasteiger partial charge in [0, 0.05) is 37.1 Å². The molecule has 0 aliphatic rings. The fourth-order valence-corrected chi connectivity index (χ4v) is 3.00. The normalized spacial score (nSPS) is 11.7. The number of esters is 3. The minimum atomic E-state index is -0.391. The maximum absolute atomic E-state index is 11.9. The first kappa shape index (κ1) is 35.1. The van der Waals surface area contributed by atoms with E-state index in [2.05, 4.69) is 0 Å². The Bertz CT molecular complexity index is 1140. The van der Waals surface area contributed by atoms with Crippen molar-refractivity contribution in [1.29, 1.82) is 0 Å². The smallest absolute Gasteiger partial charge is 0.308 e. The number of hydrogen-bond donors (Lipinski definition) is 1. The summed E-state index contributed by atoms with van der Waals surface area (Å²) >= 11 is 0. The van der Waals surface area contributed by atoms with Crippen molar-refractivity contribution < 1.29 is 33.4 Å². The van der Waals surface area contributed by atoms with Gasteiger partial charge in [-0.05, 0) is 83.9 Å². The number of nitrogens with two attached hydrogens (primary N) is 1. The van der Waals surface area contributed by atoms with E-state index in [-0.39, 0.29) is 29.4 Å². The zero-order valence-electron chi connectivity index (χ0n) is 24.8. The van der Waals surface area contributed by atoms with E-state index < -0.39 is 5.97 Å². The molecular weight excluding hydrogens is 498 g/mol. The summed E-state index contributed by atoms with van der Waals surface area (Å²) in [6.07, 6.45) is 0.302. The lowest BCUT2D eigenvalue weighted by Gasteiger charge is -2.18. The van der Waals surface area contributed by atoms with E-state index in [1.165, 1.54) is 13.8 Å². The second kappa shape index (κ2) is 16.8. The van der Waals surface area contributed by atoms with Crippen molar-refractivity contribution in [1.82, 2.24) is 0 Å². The summed E-state index contributed by atoms with van der Waals surface area (Å²) in [7, 11) is 0. The minimum Gasteiger partial charge on any atom is -0.460 e. The first-order chi connectivity index (χ1) is 18.0. The summed E-state index contributed by atoms with van der Waals surface area (Å²) in [4.78, 5) is 43.9. The van der Waals surface area contributed by atoms with E-state index in [4.69, 9.17) is 19.9 Å². The molecule has 1 unspecified atom stereocenters. The van der Waals surface area contributed by atoms with Gasteiger partial charge in [-0.3, -0.25) is 19.2 Å². The Labute approximate surface area is 232 Å². The van der Waals surface area contributed by atoms with E-state index in [9.17, 15) is 19.2 Å². The Morgan fingerprint density at radius 3 is 1.79 bits per heavy atom. The summed E-state index contributed by atoms with van der Waals surface area (Å²) in [5.74, 6) is -0.476. The molecule has 8 heteroatoms. The fraction of sp³-hybridized carbons (Fsp3) is 0.419. The SMILES string of the molecule is CC(=O)OC(C)c1ccccc1C.CC(=O)Oc1ccc(C(=O)/C(C)=C(/C)N)cc1.CCC(=O)OC(C)(C)C. The van der Waals surface area contributed by atoms with E-state index in [1.54, 1.807) is 45.0 Å². The Morgan fingerprint density at radius 1 is 0.872 bits per heavy atom. The number of Topliss-reactive ketones (excluding diaryl/α,β-unsaturated/α-hetero) is 1. The van der Waals surface area contributed by atoms with Crippen LogP contribution in [0.3, 0.4) is 0 Å². The Balaban J connectivity index is 0.000000585. The first-order valence-electron chi connectivity index (χ1n) is 12.7. The standard InChI is InChI=1S/C13H15NO3.C11H14O2.C7H14O2/c1-8(9(2)14)13(16)11-4-6-12(7-5-11)17-10(3)15;1-8-6-4-5-7-11(8)9(2)13-10(3)12;1-5-6(8)9-7(2,3)4/h4-7H,14H2,1-3H3;4-7,9H,1-3H3;5H2,1-4H3/b9-8-;;. The molecule has 2 rings (SSSR count). The number of ether oxygens (including phenoxy) is 3. The fourth-order valence-electron chi connectivity index (χ4n) is 3.00. The van der Waals surface area contributed by atoms with Crippen LogP contribution in [0.5, 0.6) is 5.75 Å². The van der Waals surface area contributed by atoms with Crippen LogP contribution in [-0.4, -0.2) is 29.3 Å². The second-order valence-electron chi connectivity index (χ2n) is 9.80. The summed E-state index contributed by atoms with van der Waals surface area (Å²) in [5, 5.41) is 0. The van der Waals surface area contributed by atoms with Gasteiger partial charge in [-0.25, -0.2) is 0 Å². The first-order valence-corrected chi connectivity index (χ1v) is 12.7. The van der Waals surface area contributed by atoms with Crippen molar-refractivity contribution in [3.05, 3.63) is 76.5 Å². The summed E-state index contributed by atoms with van der Waals surface area (Å²) in [6.45, 7) is 17.4. The third kappa shape index (κ3) is 15.2. The van der Waals surface area contributed by atoms with Crippen molar-refractivity contribution in [2.24, 2.45) is 5.73 Å². The van der Waals surface area contributed by atoms with Crippen LogP contribution in [0.25, 0.3) is 0 Å². The molecule has 2 aromatic carbocycles. The molecule has 0 fully saturated rings. The molecule has 0 aliphatic carbocycles. The zero-order valence-corrected chi connectivity index (χ0v) is 24.8. The molecule has 0 amide bonds. The third-order valence-electron chi connectivity index (χ3n) is 4.99. The van der Waals surface area contributed by atoms with Crippen molar-refractivity contribution in [3.63, 3.8) is 0 Å². The molecule has 0 saturated heterocycles. The van der Waals surface area contributed by atoms with Gasteiger partial charge >= 0.3 is 17.9 Å². The molecule has 0 bridgehead atoms.